The Labute approximate surface area is 76.0 Å². The van der Waals surface area contributed by atoms with E-state index in [9.17, 15) is 18.9 Å². The number of urea groups is 1. The molecule has 3 amide bonds. The van der Waals surface area contributed by atoms with Crippen LogP contribution in [0.4, 0.5) is 9.28 Å². The molecule has 0 aromatic heterocycles. The molecule has 1 saturated heterocycles. The van der Waals surface area contributed by atoms with Crippen LogP contribution in [0.25, 0.3) is 0 Å². The molecule has 13 heavy (non-hydrogen) atoms. The summed E-state index contributed by atoms with van der Waals surface area (Å²) in [5, 5.41) is -0.442. The fraction of sp³-hybridized carbons (Fsp3) is 0.500. The highest BCUT2D eigenvalue weighted by Crippen LogP contribution is 2.24. The van der Waals surface area contributed by atoms with Crippen molar-refractivity contribution in [3.63, 3.8) is 0 Å². The Morgan fingerprint density at radius 3 is 2.54 bits per heavy atom. The third-order valence-electron chi connectivity index (χ3n) is 1.76. The molecular weight excluding hydrogens is 198 g/mol. The van der Waals surface area contributed by atoms with Gasteiger partial charge in [-0.25, -0.2) is 4.79 Å². The van der Waals surface area contributed by atoms with Gasteiger partial charge in [0.05, 0.1) is 0 Å². The van der Waals surface area contributed by atoms with Crippen LogP contribution in [0.5, 0.6) is 0 Å². The lowest BCUT2D eigenvalue weighted by molar-refractivity contribution is -0.137. The molecular formula is C6H8FN2O3P. The molecule has 5 nitrogen and oxygen atoms in total. The van der Waals surface area contributed by atoms with Crippen molar-refractivity contribution in [1.29, 1.82) is 0 Å². The Hall–Kier alpha value is -1.03. The Balaban J connectivity index is 2.69. The van der Waals surface area contributed by atoms with Gasteiger partial charge in [0.2, 0.25) is 0 Å². The van der Waals surface area contributed by atoms with Gasteiger partial charge in [-0.2, -0.15) is 0 Å². The molecule has 7 heteroatoms. The van der Waals surface area contributed by atoms with Gasteiger partial charge in [0.25, 0.3) is 5.91 Å². The van der Waals surface area contributed by atoms with Crippen LogP contribution in [0.15, 0.2) is 0 Å². The molecule has 72 valence electrons. The first-order valence-corrected chi connectivity index (χ1v) is 4.12. The van der Waals surface area contributed by atoms with E-state index in [2.05, 4.69) is 0 Å². The molecule has 2 atom stereocenters. The average molecular weight is 206 g/mol. The van der Waals surface area contributed by atoms with Crippen LogP contribution >= 0.6 is 9.39 Å². The summed E-state index contributed by atoms with van der Waals surface area (Å²) in [5.74, 6) is -0.915. The van der Waals surface area contributed by atoms with Crippen molar-refractivity contribution in [3.05, 3.63) is 0 Å². The smallest absolute Gasteiger partial charge is 0.303 e. The standard InChI is InChI=1S/C6H8FN2O3P/c7-8-5(11)4(2-1-3-10)9(13)6(8)12/h3-4H,1-2,13H2. The van der Waals surface area contributed by atoms with E-state index < -0.39 is 23.1 Å². The normalized spacial score (nSPS) is 22.8. The van der Waals surface area contributed by atoms with Crippen molar-refractivity contribution < 1.29 is 18.9 Å². The van der Waals surface area contributed by atoms with Gasteiger partial charge in [-0.1, -0.05) is 9.60 Å². The number of carbonyl (C=O) groups is 3. The number of imide groups is 1. The summed E-state index contributed by atoms with van der Waals surface area (Å²) in [6.07, 6.45) is 0.900. The summed E-state index contributed by atoms with van der Waals surface area (Å²) < 4.78 is 13.5. The van der Waals surface area contributed by atoms with Crippen LogP contribution in [0.3, 0.4) is 0 Å². The lowest BCUT2D eigenvalue weighted by Crippen LogP contribution is -2.26. The zero-order chi connectivity index (χ0) is 10.0. The second-order valence-corrected chi connectivity index (χ2v) is 3.13. The molecule has 0 spiro atoms. The zero-order valence-electron chi connectivity index (χ0n) is 6.64. The maximum atomic E-state index is 12.6. The first-order valence-electron chi connectivity index (χ1n) is 3.61. The van der Waals surface area contributed by atoms with E-state index in [0.29, 0.717) is 6.29 Å². The molecule has 1 aliphatic rings. The number of rotatable bonds is 3. The topological polar surface area (TPSA) is 57.7 Å². The number of carbonyl (C=O) groups excluding carboxylic acids is 3. The molecule has 0 N–H and O–H groups in total. The Morgan fingerprint density at radius 2 is 2.15 bits per heavy atom. The van der Waals surface area contributed by atoms with Crippen molar-refractivity contribution in [2.24, 2.45) is 0 Å². The summed E-state index contributed by atoms with van der Waals surface area (Å²) in [7, 11) is 1.96. The van der Waals surface area contributed by atoms with E-state index in [0.717, 1.165) is 4.67 Å². The number of nitrogens with zero attached hydrogens (tertiary/aromatic N) is 2. The third-order valence-corrected chi connectivity index (χ3v) is 2.34. The van der Waals surface area contributed by atoms with Gasteiger partial charge >= 0.3 is 6.03 Å². The fourth-order valence-corrected chi connectivity index (χ4v) is 1.45. The minimum absolute atomic E-state index is 0.127. The number of halogens is 1. The maximum Gasteiger partial charge on any atom is 0.359 e. The maximum absolute atomic E-state index is 12.6. The fourth-order valence-electron chi connectivity index (χ4n) is 1.07. The molecule has 0 aromatic rings. The van der Waals surface area contributed by atoms with Crippen LogP contribution in [-0.2, 0) is 9.59 Å². The van der Waals surface area contributed by atoms with Gasteiger partial charge in [0.1, 0.15) is 12.3 Å². The van der Waals surface area contributed by atoms with E-state index in [1.807, 2.05) is 9.39 Å². The van der Waals surface area contributed by atoms with Crippen LogP contribution < -0.4 is 0 Å². The number of hydrogen-bond acceptors (Lipinski definition) is 3. The zero-order valence-corrected chi connectivity index (χ0v) is 7.80. The van der Waals surface area contributed by atoms with Gasteiger partial charge in [-0.05, 0) is 15.8 Å². The molecule has 1 fully saturated rings. The predicted octanol–water partition coefficient (Wildman–Crippen LogP) is 0.273. The van der Waals surface area contributed by atoms with Gasteiger partial charge in [-0.3, -0.25) is 9.46 Å². The Morgan fingerprint density at radius 1 is 1.54 bits per heavy atom. The van der Waals surface area contributed by atoms with Crippen LogP contribution in [-0.4, -0.2) is 34.1 Å². The van der Waals surface area contributed by atoms with E-state index in [1.54, 1.807) is 0 Å². The second-order valence-electron chi connectivity index (χ2n) is 2.57. The molecule has 1 rings (SSSR count). The number of hydrogen-bond donors (Lipinski definition) is 0. The Bertz CT molecular complexity index is 260. The van der Waals surface area contributed by atoms with E-state index in [-0.39, 0.29) is 12.8 Å². The van der Waals surface area contributed by atoms with Gasteiger partial charge < -0.3 is 4.79 Å². The SMILES string of the molecule is O=CCCC1C(=O)N(F)C(=O)N1P. The predicted molar refractivity (Wildman–Crippen MR) is 44.0 cm³/mol. The highest BCUT2D eigenvalue weighted by atomic mass is 31.0. The molecule has 1 heterocycles. The van der Waals surface area contributed by atoms with Crippen LogP contribution in [0.2, 0.25) is 0 Å². The summed E-state index contributed by atoms with van der Waals surface area (Å²) >= 11 is 0. The molecule has 0 aromatic carbocycles. The number of amides is 3. The number of aldehydes is 1. The lowest BCUT2D eigenvalue weighted by atomic mass is 10.2. The molecule has 0 saturated carbocycles. The van der Waals surface area contributed by atoms with Crippen molar-refractivity contribution in [2.45, 2.75) is 18.9 Å². The third kappa shape index (κ3) is 1.67. The Kier molecular flexibility index (Phi) is 2.93. The monoisotopic (exact) mass is 206 g/mol. The quantitative estimate of drug-likeness (QED) is 0.288. The van der Waals surface area contributed by atoms with Crippen LogP contribution in [0.1, 0.15) is 12.8 Å². The summed E-state index contributed by atoms with van der Waals surface area (Å²) in [6, 6.07) is -1.88. The second kappa shape index (κ2) is 3.79. The molecule has 2 unspecified atom stereocenters. The van der Waals surface area contributed by atoms with Crippen molar-refractivity contribution in [1.82, 2.24) is 9.79 Å². The highest BCUT2D eigenvalue weighted by molar-refractivity contribution is 7.14. The van der Waals surface area contributed by atoms with Crippen molar-refractivity contribution >= 4 is 27.6 Å². The highest BCUT2D eigenvalue weighted by Gasteiger charge is 2.43. The molecule has 0 aliphatic carbocycles. The minimum Gasteiger partial charge on any atom is -0.303 e. The van der Waals surface area contributed by atoms with Gasteiger partial charge in [0.15, 0.2) is 0 Å². The van der Waals surface area contributed by atoms with Gasteiger partial charge in [0, 0.05) is 6.42 Å². The van der Waals surface area contributed by atoms with Crippen LogP contribution in [0, 0.1) is 0 Å². The molecule has 1 aliphatic heterocycles. The largest absolute Gasteiger partial charge is 0.359 e. The summed E-state index contributed by atoms with van der Waals surface area (Å²) in [5.41, 5.74) is 0. The van der Waals surface area contributed by atoms with Gasteiger partial charge in [-0.15, -0.1) is 0 Å². The molecule has 0 bridgehead atoms. The first-order chi connectivity index (χ1) is 6.09. The van der Waals surface area contributed by atoms with E-state index >= 15 is 0 Å². The average Bonchev–Trinajstić information content (AvgIpc) is 2.30. The first kappa shape index (κ1) is 10.1. The lowest BCUT2D eigenvalue weighted by Gasteiger charge is -2.13. The minimum atomic E-state index is -1.01. The molecule has 0 radical (unpaired) electrons. The summed E-state index contributed by atoms with van der Waals surface area (Å²) in [4.78, 5) is 31.8. The van der Waals surface area contributed by atoms with Crippen molar-refractivity contribution in [2.75, 3.05) is 0 Å². The van der Waals surface area contributed by atoms with E-state index in [1.165, 1.54) is 0 Å². The van der Waals surface area contributed by atoms with Crippen molar-refractivity contribution in [3.8, 4) is 0 Å². The summed E-state index contributed by atoms with van der Waals surface area (Å²) in [6.45, 7) is 0. The van der Waals surface area contributed by atoms with E-state index in [4.69, 9.17) is 0 Å².